The number of para-hydroxylation sites is 2. The van der Waals surface area contributed by atoms with E-state index in [1.807, 2.05) is 35.8 Å². The molecule has 1 saturated carbocycles. The van der Waals surface area contributed by atoms with Gasteiger partial charge in [0.25, 0.3) is 5.91 Å². The lowest BCUT2D eigenvalue weighted by Gasteiger charge is -2.44. The molecule has 2 heterocycles. The second-order valence-electron chi connectivity index (χ2n) is 9.46. The van der Waals surface area contributed by atoms with Crippen LogP contribution in [0.15, 0.2) is 48.5 Å². The second kappa shape index (κ2) is 8.61. The number of rotatable bonds is 4. The van der Waals surface area contributed by atoms with Gasteiger partial charge in [0.15, 0.2) is 5.82 Å². The summed E-state index contributed by atoms with van der Waals surface area (Å²) in [6.45, 7) is 2.35. The van der Waals surface area contributed by atoms with Gasteiger partial charge in [0, 0.05) is 12.6 Å². The molecular weight excluding hydrogens is 419 g/mol. The molecule has 5 rings (SSSR count). The first-order valence-electron chi connectivity index (χ1n) is 11.8. The van der Waals surface area contributed by atoms with E-state index in [-0.39, 0.29) is 30.2 Å². The van der Waals surface area contributed by atoms with E-state index in [1.165, 1.54) is 25.0 Å². The summed E-state index contributed by atoms with van der Waals surface area (Å²) < 4.78 is 15.3. The van der Waals surface area contributed by atoms with Crippen LogP contribution in [0.4, 0.5) is 4.39 Å². The van der Waals surface area contributed by atoms with Crippen molar-refractivity contribution in [1.82, 2.24) is 19.8 Å². The molecule has 1 atom stereocenters. The van der Waals surface area contributed by atoms with Crippen molar-refractivity contribution >= 4 is 22.8 Å². The Balaban J connectivity index is 1.53. The van der Waals surface area contributed by atoms with Crippen molar-refractivity contribution in [1.29, 1.82) is 0 Å². The molecule has 3 aromatic rings. The second-order valence-corrected chi connectivity index (χ2v) is 9.46. The summed E-state index contributed by atoms with van der Waals surface area (Å²) in [5.41, 5.74) is 1.24. The zero-order chi connectivity index (χ0) is 23.0. The monoisotopic (exact) mass is 448 g/mol. The van der Waals surface area contributed by atoms with Crippen LogP contribution in [-0.2, 0) is 17.9 Å². The van der Waals surface area contributed by atoms with Crippen LogP contribution in [0.1, 0.15) is 61.6 Å². The predicted octanol–water partition coefficient (Wildman–Crippen LogP) is 4.43. The highest BCUT2D eigenvalue weighted by Crippen LogP contribution is 2.32. The molecule has 0 saturated heterocycles. The molecule has 6 nitrogen and oxygen atoms in total. The first-order chi connectivity index (χ1) is 16.0. The third-order valence-electron chi connectivity index (χ3n) is 7.09. The Hall–Kier alpha value is -3.22. The molecule has 0 bridgehead atoms. The fraction of sp³-hybridized carbons (Fsp3) is 0.423. The maximum absolute atomic E-state index is 13.8. The number of hydrogen-bond acceptors (Lipinski definition) is 3. The highest BCUT2D eigenvalue weighted by Gasteiger charge is 2.48. The van der Waals surface area contributed by atoms with Crippen molar-refractivity contribution in [2.75, 3.05) is 0 Å². The minimum absolute atomic E-state index is 0.125. The lowest BCUT2D eigenvalue weighted by molar-refractivity contribution is -0.134. The molecule has 2 amide bonds. The van der Waals surface area contributed by atoms with E-state index in [0.717, 1.165) is 42.3 Å². The lowest BCUT2D eigenvalue weighted by Crippen LogP contribution is -2.64. The Morgan fingerprint density at radius 2 is 1.79 bits per heavy atom. The zero-order valence-electron chi connectivity index (χ0n) is 18.9. The first-order valence-corrected chi connectivity index (χ1v) is 11.8. The minimum atomic E-state index is -1.10. The number of fused-ring (bicyclic) bond motifs is 3. The van der Waals surface area contributed by atoms with Crippen LogP contribution in [0.5, 0.6) is 0 Å². The molecule has 0 spiro atoms. The quantitative estimate of drug-likeness (QED) is 0.601. The summed E-state index contributed by atoms with van der Waals surface area (Å²) in [6, 6.07) is 13.8. The predicted molar refractivity (Wildman–Crippen MR) is 124 cm³/mol. The maximum Gasteiger partial charge on any atom is 0.291 e. The zero-order valence-corrected chi connectivity index (χ0v) is 18.9. The van der Waals surface area contributed by atoms with Gasteiger partial charge in [-0.3, -0.25) is 9.59 Å². The fourth-order valence-corrected chi connectivity index (χ4v) is 5.11. The van der Waals surface area contributed by atoms with E-state index in [4.69, 9.17) is 0 Å². The van der Waals surface area contributed by atoms with Crippen LogP contribution in [-0.4, -0.2) is 37.8 Å². The van der Waals surface area contributed by atoms with Gasteiger partial charge in [-0.2, -0.15) is 0 Å². The van der Waals surface area contributed by atoms with Gasteiger partial charge < -0.3 is 14.8 Å². The van der Waals surface area contributed by atoms with Crippen LogP contribution in [0.3, 0.4) is 0 Å². The molecular formula is C26H29FN4O2. The largest absolute Gasteiger partial charge is 0.351 e. The Bertz CT molecular complexity index is 1180. The summed E-state index contributed by atoms with van der Waals surface area (Å²) in [5, 5.41) is 3.26. The van der Waals surface area contributed by atoms with E-state index in [0.29, 0.717) is 12.4 Å². The number of carbonyl (C=O) groups excluding carboxylic acids is 2. The summed E-state index contributed by atoms with van der Waals surface area (Å²) in [7, 11) is 0. The lowest BCUT2D eigenvalue weighted by atomic mass is 9.93. The Kier molecular flexibility index (Phi) is 5.64. The molecule has 1 aromatic heterocycles. The van der Waals surface area contributed by atoms with Crippen molar-refractivity contribution in [3.63, 3.8) is 0 Å². The molecule has 2 aliphatic rings. The van der Waals surface area contributed by atoms with Crippen LogP contribution < -0.4 is 5.32 Å². The topological polar surface area (TPSA) is 67.2 Å². The van der Waals surface area contributed by atoms with Crippen molar-refractivity contribution in [3.05, 3.63) is 65.7 Å². The summed E-state index contributed by atoms with van der Waals surface area (Å²) in [6.07, 6.45) is 6.54. The number of nitrogens with zero attached hydrogens (tertiary/aromatic N) is 3. The standard InChI is InChI=1S/C26H29FN4O2/c1-26(25(33)28-20-8-4-2-3-5-9-20)17-30-22-11-7-6-10-21(22)29-23(30)24(32)31(26)16-18-12-14-19(27)15-13-18/h6-7,10-15,20H,2-5,8-9,16-17H2,1H3,(H,28,33)/t26-/m0/s1. The Morgan fingerprint density at radius 1 is 1.09 bits per heavy atom. The van der Waals surface area contributed by atoms with Gasteiger partial charge in [0.1, 0.15) is 11.4 Å². The van der Waals surface area contributed by atoms with E-state index >= 15 is 0 Å². The third kappa shape index (κ3) is 4.01. The molecule has 0 unspecified atom stereocenters. The number of nitrogens with one attached hydrogen (secondary N) is 1. The average molecular weight is 449 g/mol. The summed E-state index contributed by atoms with van der Waals surface area (Å²) in [5.74, 6) is -0.439. The Labute approximate surface area is 192 Å². The summed E-state index contributed by atoms with van der Waals surface area (Å²) in [4.78, 5) is 33.7. The molecule has 33 heavy (non-hydrogen) atoms. The van der Waals surface area contributed by atoms with Crippen molar-refractivity contribution in [2.24, 2.45) is 0 Å². The molecule has 1 aliphatic carbocycles. The van der Waals surface area contributed by atoms with E-state index < -0.39 is 5.54 Å². The SMILES string of the molecule is C[C@@]1(C(=O)NC2CCCCCC2)Cn2c(nc3ccccc32)C(=O)N1Cc1ccc(F)cc1. The van der Waals surface area contributed by atoms with Crippen molar-refractivity contribution in [3.8, 4) is 0 Å². The molecule has 0 radical (unpaired) electrons. The van der Waals surface area contributed by atoms with Gasteiger partial charge in [0.2, 0.25) is 5.91 Å². The van der Waals surface area contributed by atoms with Gasteiger partial charge in [-0.25, -0.2) is 9.37 Å². The molecule has 1 aliphatic heterocycles. The molecule has 2 aromatic carbocycles. The highest BCUT2D eigenvalue weighted by molar-refractivity contribution is 6.01. The van der Waals surface area contributed by atoms with Crippen molar-refractivity contribution in [2.45, 2.75) is 70.1 Å². The number of amides is 2. The summed E-state index contributed by atoms with van der Waals surface area (Å²) >= 11 is 0. The van der Waals surface area contributed by atoms with E-state index in [1.54, 1.807) is 17.0 Å². The number of imidazole rings is 1. The van der Waals surface area contributed by atoms with Gasteiger partial charge in [0.05, 0.1) is 17.6 Å². The number of halogens is 1. The van der Waals surface area contributed by atoms with Crippen LogP contribution in [0.2, 0.25) is 0 Å². The van der Waals surface area contributed by atoms with E-state index in [2.05, 4.69) is 10.3 Å². The molecule has 172 valence electrons. The average Bonchev–Trinajstić information content (AvgIpc) is 2.98. The van der Waals surface area contributed by atoms with Gasteiger partial charge in [-0.1, -0.05) is 49.9 Å². The number of carbonyl (C=O) groups is 2. The highest BCUT2D eigenvalue weighted by atomic mass is 19.1. The first kappa shape index (κ1) is 21.6. The van der Waals surface area contributed by atoms with Gasteiger partial charge in [-0.15, -0.1) is 0 Å². The minimum Gasteiger partial charge on any atom is -0.351 e. The number of hydrogen-bond donors (Lipinski definition) is 1. The normalized spacial score (nSPS) is 21.6. The van der Waals surface area contributed by atoms with Crippen molar-refractivity contribution < 1.29 is 14.0 Å². The number of aromatic nitrogens is 2. The fourth-order valence-electron chi connectivity index (χ4n) is 5.11. The van der Waals surface area contributed by atoms with Crippen LogP contribution >= 0.6 is 0 Å². The van der Waals surface area contributed by atoms with Crippen LogP contribution in [0, 0.1) is 5.82 Å². The Morgan fingerprint density at radius 3 is 2.52 bits per heavy atom. The smallest absolute Gasteiger partial charge is 0.291 e. The molecule has 7 heteroatoms. The molecule has 1 fully saturated rings. The maximum atomic E-state index is 13.8. The van der Waals surface area contributed by atoms with Crippen LogP contribution in [0.25, 0.3) is 11.0 Å². The van der Waals surface area contributed by atoms with E-state index in [9.17, 15) is 14.0 Å². The van der Waals surface area contributed by atoms with Gasteiger partial charge in [-0.05, 0) is 49.6 Å². The third-order valence-corrected chi connectivity index (χ3v) is 7.09. The molecule has 1 N–H and O–H groups in total. The van der Waals surface area contributed by atoms with Gasteiger partial charge >= 0.3 is 0 Å². The number of benzene rings is 2.